The zero-order valence-electron chi connectivity index (χ0n) is 11.9. The highest BCUT2D eigenvalue weighted by Gasteiger charge is 2.20. The van der Waals surface area contributed by atoms with Crippen LogP contribution in [0.2, 0.25) is 0 Å². The second-order valence-corrected chi connectivity index (χ2v) is 5.44. The molecule has 1 aliphatic rings. The molecule has 0 saturated heterocycles. The van der Waals surface area contributed by atoms with E-state index in [9.17, 15) is 8.78 Å². The fourth-order valence-corrected chi connectivity index (χ4v) is 3.04. The minimum Gasteiger partial charge on any atom is -0.435 e. The Balaban J connectivity index is 2.00. The number of hydrogen-bond acceptors (Lipinski definition) is 2. The van der Waals surface area contributed by atoms with Crippen molar-refractivity contribution in [1.82, 2.24) is 5.32 Å². The van der Waals surface area contributed by atoms with Gasteiger partial charge < -0.3 is 10.1 Å². The predicted molar refractivity (Wildman–Crippen MR) is 76.1 cm³/mol. The summed E-state index contributed by atoms with van der Waals surface area (Å²) in [7, 11) is 0. The van der Waals surface area contributed by atoms with Gasteiger partial charge in [0.25, 0.3) is 0 Å². The molecular weight excluding hydrogens is 260 g/mol. The molecule has 0 aromatic heterocycles. The lowest BCUT2D eigenvalue weighted by Gasteiger charge is -2.22. The Hall–Kier alpha value is -1.16. The third kappa shape index (κ3) is 4.44. The lowest BCUT2D eigenvalue weighted by molar-refractivity contribution is -0.0498. The van der Waals surface area contributed by atoms with Crippen LogP contribution in [0.3, 0.4) is 0 Å². The molecule has 1 saturated carbocycles. The van der Waals surface area contributed by atoms with Gasteiger partial charge in [-0.05, 0) is 36.6 Å². The summed E-state index contributed by atoms with van der Waals surface area (Å²) >= 11 is 0. The standard InChI is InChI=1S/C16H23F2NO/c1-2-19-15(11-12-5-3-4-6-12)13-7-9-14(10-8-13)20-16(17)18/h7-10,12,15-16,19H,2-6,11H2,1H3. The van der Waals surface area contributed by atoms with Crippen LogP contribution in [0, 0.1) is 5.92 Å². The van der Waals surface area contributed by atoms with E-state index in [2.05, 4.69) is 17.0 Å². The predicted octanol–water partition coefficient (Wildman–Crippen LogP) is 4.52. The molecule has 20 heavy (non-hydrogen) atoms. The Labute approximate surface area is 119 Å². The van der Waals surface area contributed by atoms with Gasteiger partial charge in [-0.2, -0.15) is 8.78 Å². The first-order chi connectivity index (χ1) is 9.69. The van der Waals surface area contributed by atoms with Gasteiger partial charge in [-0.15, -0.1) is 0 Å². The van der Waals surface area contributed by atoms with E-state index in [0.29, 0.717) is 6.04 Å². The quantitative estimate of drug-likeness (QED) is 0.794. The molecule has 1 aromatic carbocycles. The van der Waals surface area contributed by atoms with Crippen molar-refractivity contribution in [2.24, 2.45) is 5.92 Å². The lowest BCUT2D eigenvalue weighted by atomic mass is 9.93. The summed E-state index contributed by atoms with van der Waals surface area (Å²) in [5.74, 6) is 1.01. The maximum Gasteiger partial charge on any atom is 0.387 e. The normalized spacial score (nSPS) is 17.6. The molecule has 0 bridgehead atoms. The minimum atomic E-state index is -2.76. The SMILES string of the molecule is CCNC(CC1CCCC1)c1ccc(OC(F)F)cc1. The van der Waals surface area contributed by atoms with Gasteiger partial charge in [0.15, 0.2) is 0 Å². The van der Waals surface area contributed by atoms with E-state index in [0.717, 1.165) is 24.4 Å². The monoisotopic (exact) mass is 283 g/mol. The summed E-state index contributed by atoms with van der Waals surface area (Å²) in [5.41, 5.74) is 1.15. The third-order valence-corrected chi connectivity index (χ3v) is 4.00. The fourth-order valence-electron chi connectivity index (χ4n) is 3.04. The number of hydrogen-bond donors (Lipinski definition) is 1. The highest BCUT2D eigenvalue weighted by Crippen LogP contribution is 2.33. The van der Waals surface area contributed by atoms with E-state index in [-0.39, 0.29) is 5.75 Å². The third-order valence-electron chi connectivity index (χ3n) is 4.00. The average Bonchev–Trinajstić information content (AvgIpc) is 2.91. The van der Waals surface area contributed by atoms with Crippen LogP contribution in [-0.4, -0.2) is 13.2 Å². The van der Waals surface area contributed by atoms with Gasteiger partial charge >= 0.3 is 6.61 Å². The zero-order valence-corrected chi connectivity index (χ0v) is 11.9. The van der Waals surface area contributed by atoms with Crippen molar-refractivity contribution in [2.45, 2.75) is 51.7 Å². The Bertz CT molecular complexity index is 388. The topological polar surface area (TPSA) is 21.3 Å². The van der Waals surface area contributed by atoms with Gasteiger partial charge in [0, 0.05) is 6.04 Å². The van der Waals surface area contributed by atoms with Gasteiger partial charge in [0.05, 0.1) is 0 Å². The van der Waals surface area contributed by atoms with Crippen molar-refractivity contribution in [3.05, 3.63) is 29.8 Å². The molecular formula is C16H23F2NO. The average molecular weight is 283 g/mol. The lowest BCUT2D eigenvalue weighted by Crippen LogP contribution is -2.23. The first kappa shape index (κ1) is 15.2. The number of nitrogens with one attached hydrogen (secondary N) is 1. The van der Waals surface area contributed by atoms with Gasteiger partial charge in [0.1, 0.15) is 5.75 Å². The van der Waals surface area contributed by atoms with Crippen LogP contribution in [0.4, 0.5) is 8.78 Å². The summed E-state index contributed by atoms with van der Waals surface area (Å²) in [4.78, 5) is 0. The Morgan fingerprint density at radius 2 is 1.85 bits per heavy atom. The van der Waals surface area contributed by atoms with Crippen LogP contribution < -0.4 is 10.1 Å². The van der Waals surface area contributed by atoms with Crippen LogP contribution in [0.25, 0.3) is 0 Å². The largest absolute Gasteiger partial charge is 0.435 e. The molecule has 0 amide bonds. The van der Waals surface area contributed by atoms with Crippen LogP contribution >= 0.6 is 0 Å². The maximum absolute atomic E-state index is 12.1. The molecule has 0 aliphatic heterocycles. The highest BCUT2D eigenvalue weighted by molar-refractivity contribution is 5.29. The van der Waals surface area contributed by atoms with Crippen LogP contribution in [0.1, 0.15) is 50.6 Å². The second-order valence-electron chi connectivity index (χ2n) is 5.44. The molecule has 112 valence electrons. The summed E-state index contributed by atoms with van der Waals surface area (Å²) in [6, 6.07) is 7.34. The number of ether oxygens (including phenoxy) is 1. The molecule has 1 N–H and O–H groups in total. The van der Waals surface area contributed by atoms with E-state index in [1.54, 1.807) is 12.1 Å². The first-order valence-corrected chi connectivity index (χ1v) is 7.47. The summed E-state index contributed by atoms with van der Waals surface area (Å²) in [5, 5.41) is 3.50. The molecule has 1 fully saturated rings. The van der Waals surface area contributed by atoms with Gasteiger partial charge in [-0.1, -0.05) is 44.7 Å². The van der Waals surface area contributed by atoms with E-state index in [1.165, 1.54) is 25.7 Å². The maximum atomic E-state index is 12.1. The van der Waals surface area contributed by atoms with Crippen molar-refractivity contribution in [2.75, 3.05) is 6.54 Å². The number of rotatable bonds is 7. The molecule has 1 aromatic rings. The van der Waals surface area contributed by atoms with Crippen molar-refractivity contribution < 1.29 is 13.5 Å². The molecule has 0 heterocycles. The number of benzene rings is 1. The van der Waals surface area contributed by atoms with Crippen LogP contribution in [-0.2, 0) is 0 Å². The molecule has 1 aliphatic carbocycles. The van der Waals surface area contributed by atoms with Crippen molar-refractivity contribution >= 4 is 0 Å². The minimum absolute atomic E-state index is 0.222. The Morgan fingerprint density at radius 1 is 1.20 bits per heavy atom. The Morgan fingerprint density at radius 3 is 2.40 bits per heavy atom. The van der Waals surface area contributed by atoms with Crippen LogP contribution in [0.5, 0.6) is 5.75 Å². The van der Waals surface area contributed by atoms with E-state index >= 15 is 0 Å². The summed E-state index contributed by atoms with van der Waals surface area (Å²) < 4.78 is 28.7. The van der Waals surface area contributed by atoms with Crippen molar-refractivity contribution in [3.8, 4) is 5.75 Å². The van der Waals surface area contributed by atoms with E-state index < -0.39 is 6.61 Å². The molecule has 4 heteroatoms. The van der Waals surface area contributed by atoms with Gasteiger partial charge in [0.2, 0.25) is 0 Å². The van der Waals surface area contributed by atoms with E-state index in [1.807, 2.05) is 12.1 Å². The highest BCUT2D eigenvalue weighted by atomic mass is 19.3. The molecule has 0 radical (unpaired) electrons. The smallest absolute Gasteiger partial charge is 0.387 e. The first-order valence-electron chi connectivity index (χ1n) is 7.47. The molecule has 2 nitrogen and oxygen atoms in total. The van der Waals surface area contributed by atoms with Crippen molar-refractivity contribution in [1.29, 1.82) is 0 Å². The molecule has 1 unspecified atom stereocenters. The summed E-state index contributed by atoms with van der Waals surface area (Å²) in [6.07, 6.45) is 6.43. The molecule has 0 spiro atoms. The van der Waals surface area contributed by atoms with Crippen LogP contribution in [0.15, 0.2) is 24.3 Å². The number of alkyl halides is 2. The molecule has 2 rings (SSSR count). The number of halogens is 2. The Kier molecular flexibility index (Phi) is 5.77. The fraction of sp³-hybridized carbons (Fsp3) is 0.625. The van der Waals surface area contributed by atoms with E-state index in [4.69, 9.17) is 0 Å². The molecule has 1 atom stereocenters. The van der Waals surface area contributed by atoms with Gasteiger partial charge in [-0.3, -0.25) is 0 Å². The zero-order chi connectivity index (χ0) is 14.4. The van der Waals surface area contributed by atoms with Gasteiger partial charge in [-0.25, -0.2) is 0 Å². The summed E-state index contributed by atoms with van der Waals surface area (Å²) in [6.45, 7) is 0.242. The van der Waals surface area contributed by atoms with Crippen molar-refractivity contribution in [3.63, 3.8) is 0 Å². The second kappa shape index (κ2) is 7.58.